The van der Waals surface area contributed by atoms with Gasteiger partial charge in [0.05, 0.1) is 11.5 Å². The van der Waals surface area contributed by atoms with Crippen LogP contribution >= 0.6 is 15.9 Å². The zero-order chi connectivity index (χ0) is 29.5. The molecule has 3 atom stereocenters. The summed E-state index contributed by atoms with van der Waals surface area (Å²) in [5.74, 6) is -3.29. The molecule has 41 heavy (non-hydrogen) atoms. The number of piperidine rings is 1. The normalized spacial score (nSPS) is 21.8. The molecule has 2 aliphatic rings. The minimum Gasteiger partial charge on any atom is -0.493 e. The van der Waals surface area contributed by atoms with Crippen LogP contribution in [0.1, 0.15) is 52.0 Å². The molecule has 0 spiro atoms. The summed E-state index contributed by atoms with van der Waals surface area (Å²) in [6, 6.07) is 12.4. The molecule has 1 N–H and O–H groups in total. The number of nitrogens with one attached hydrogen (secondary N) is 1. The van der Waals surface area contributed by atoms with Crippen LogP contribution in [0.2, 0.25) is 0 Å². The van der Waals surface area contributed by atoms with Gasteiger partial charge in [-0.15, -0.1) is 0 Å². The van der Waals surface area contributed by atoms with Crippen molar-refractivity contribution in [2.75, 3.05) is 6.61 Å². The first-order chi connectivity index (χ1) is 19.3. The van der Waals surface area contributed by atoms with Crippen LogP contribution in [-0.2, 0) is 20.7 Å². The van der Waals surface area contributed by atoms with E-state index in [1.165, 1.54) is 41.3 Å². The second-order valence-corrected chi connectivity index (χ2v) is 14.4. The predicted octanol–water partition coefficient (Wildman–Crippen LogP) is 6.87. The number of carbonyl (C=O) groups is 1. The van der Waals surface area contributed by atoms with E-state index >= 15 is 8.78 Å². The summed E-state index contributed by atoms with van der Waals surface area (Å²) in [7, 11) is -4.51. The first kappa shape index (κ1) is 29.9. The van der Waals surface area contributed by atoms with E-state index in [1.54, 1.807) is 18.2 Å². The molecule has 10 heteroatoms. The fourth-order valence-electron chi connectivity index (χ4n) is 6.02. The van der Waals surface area contributed by atoms with Gasteiger partial charge >= 0.3 is 0 Å². The second-order valence-electron chi connectivity index (χ2n) is 11.8. The largest absolute Gasteiger partial charge is 0.493 e. The highest BCUT2D eigenvalue weighted by Gasteiger charge is 2.53. The monoisotopic (exact) mass is 648 g/mol. The Hall–Kier alpha value is -2.56. The van der Waals surface area contributed by atoms with E-state index in [2.05, 4.69) is 27.6 Å². The Kier molecular flexibility index (Phi) is 8.47. The Morgan fingerprint density at radius 2 is 1.63 bits per heavy atom. The lowest BCUT2D eigenvalue weighted by Crippen LogP contribution is -2.59. The maximum Gasteiger partial charge on any atom is 0.298 e. The van der Waals surface area contributed by atoms with Crippen LogP contribution in [0.15, 0.2) is 70.0 Å². The highest BCUT2D eigenvalue weighted by Crippen LogP contribution is 2.42. The number of halogens is 3. The molecular weight excluding hydrogens is 614 g/mol. The van der Waals surface area contributed by atoms with E-state index in [1.807, 2.05) is 19.9 Å². The third-order valence-corrected chi connectivity index (χ3v) is 9.96. The summed E-state index contributed by atoms with van der Waals surface area (Å²) in [4.78, 5) is 15.2. The topological polar surface area (TPSA) is 75.7 Å². The molecule has 3 unspecified atom stereocenters. The lowest BCUT2D eigenvalue weighted by atomic mass is 9.91. The molecular formula is C31H35BrF2N2O4S. The van der Waals surface area contributed by atoms with Crippen molar-refractivity contribution in [2.24, 2.45) is 11.8 Å². The number of benzene rings is 3. The number of fused-ring (bicyclic) bond motifs is 3. The summed E-state index contributed by atoms with van der Waals surface area (Å²) >= 11 is 3.25. The molecule has 2 heterocycles. The van der Waals surface area contributed by atoms with Gasteiger partial charge in [0.25, 0.3) is 5.92 Å². The van der Waals surface area contributed by atoms with Crippen LogP contribution in [0.25, 0.3) is 10.8 Å². The minimum absolute atomic E-state index is 0.170. The number of hydrogen-bond donors (Lipinski definition) is 1. The van der Waals surface area contributed by atoms with Crippen molar-refractivity contribution >= 4 is 42.6 Å². The molecule has 2 bridgehead atoms. The second kappa shape index (κ2) is 11.6. The highest BCUT2D eigenvalue weighted by molar-refractivity contribution is 9.10. The number of ether oxygens (including phenoxy) is 1. The molecule has 220 valence electrons. The quantitative estimate of drug-likeness (QED) is 0.275. The molecule has 1 amide bonds. The van der Waals surface area contributed by atoms with Gasteiger partial charge in [-0.25, -0.2) is 8.42 Å². The van der Waals surface area contributed by atoms with Crippen LogP contribution in [0.4, 0.5) is 8.78 Å². The van der Waals surface area contributed by atoms with Crippen molar-refractivity contribution in [3.05, 3.63) is 70.7 Å². The fraction of sp³-hybridized carbons (Fsp3) is 0.452. The zero-order valence-corrected chi connectivity index (χ0v) is 25.7. The maximum absolute atomic E-state index is 16.2. The molecule has 2 fully saturated rings. The first-order valence-corrected chi connectivity index (χ1v) is 16.3. The standard InChI is InChI=1S/C31H35BrF2N2O4S/c1-19(2)18-40-27-12-4-22-17-28(13-5-21(22)16-27)41(38,39)35-29(31(33,34)23-6-8-24(32)9-7-23)30(37)36-25-10-11-26(36)15-20(3)14-25/h4-9,12-13,16-17,19-20,25-26,29,35H,10-11,14-15,18H2,1-3H3. The lowest BCUT2D eigenvalue weighted by molar-refractivity contribution is -0.149. The van der Waals surface area contributed by atoms with E-state index in [4.69, 9.17) is 4.74 Å². The van der Waals surface area contributed by atoms with Gasteiger partial charge in [-0.1, -0.05) is 61.0 Å². The summed E-state index contributed by atoms with van der Waals surface area (Å²) in [6.45, 7) is 6.73. The number of rotatable bonds is 9. The molecule has 2 aliphatic heterocycles. The molecule has 5 rings (SSSR count). The summed E-state index contributed by atoms with van der Waals surface area (Å²) in [6.07, 6.45) is 2.91. The van der Waals surface area contributed by atoms with E-state index in [0.717, 1.165) is 31.1 Å². The molecule has 0 aliphatic carbocycles. The Morgan fingerprint density at radius 1 is 1.02 bits per heavy atom. The fourth-order valence-corrected chi connectivity index (χ4v) is 7.51. The molecule has 3 aromatic carbocycles. The van der Waals surface area contributed by atoms with E-state index in [0.29, 0.717) is 34.1 Å². The Morgan fingerprint density at radius 3 is 2.27 bits per heavy atom. The van der Waals surface area contributed by atoms with Gasteiger partial charge in [-0.2, -0.15) is 13.5 Å². The van der Waals surface area contributed by atoms with E-state index in [-0.39, 0.29) is 17.0 Å². The molecule has 6 nitrogen and oxygen atoms in total. The Labute approximate surface area is 248 Å². The van der Waals surface area contributed by atoms with Gasteiger partial charge < -0.3 is 9.64 Å². The van der Waals surface area contributed by atoms with E-state index < -0.39 is 33.5 Å². The van der Waals surface area contributed by atoms with Crippen LogP contribution in [-0.4, -0.2) is 44.0 Å². The smallest absolute Gasteiger partial charge is 0.298 e. The zero-order valence-electron chi connectivity index (χ0n) is 23.3. The molecule has 0 aromatic heterocycles. The molecule has 0 saturated carbocycles. The average Bonchev–Trinajstić information content (AvgIpc) is 3.20. The lowest BCUT2D eigenvalue weighted by Gasteiger charge is -2.41. The van der Waals surface area contributed by atoms with Gasteiger partial charge in [0.1, 0.15) is 5.75 Å². The molecule has 3 aromatic rings. The maximum atomic E-state index is 16.2. The molecule has 2 saturated heterocycles. The van der Waals surface area contributed by atoms with Crippen molar-refractivity contribution in [2.45, 2.75) is 75.4 Å². The van der Waals surface area contributed by atoms with Gasteiger partial charge in [0.2, 0.25) is 15.9 Å². The van der Waals surface area contributed by atoms with Gasteiger partial charge in [-0.05, 0) is 84.7 Å². The first-order valence-electron chi connectivity index (χ1n) is 14.0. The van der Waals surface area contributed by atoms with Crippen molar-refractivity contribution in [3.8, 4) is 5.75 Å². The minimum atomic E-state index is -4.51. The van der Waals surface area contributed by atoms with Crippen molar-refractivity contribution in [3.63, 3.8) is 0 Å². The van der Waals surface area contributed by atoms with Crippen molar-refractivity contribution < 1.29 is 26.7 Å². The number of amides is 1. The van der Waals surface area contributed by atoms with Gasteiger partial charge in [0, 0.05) is 22.1 Å². The van der Waals surface area contributed by atoms with Crippen LogP contribution in [0.3, 0.4) is 0 Å². The SMILES string of the molecule is CC(C)COc1ccc2cc(S(=O)(=O)NC(C(=O)N3C4CCC3CC(C)C4)C(F)(F)c3ccc(Br)cc3)ccc2c1. The van der Waals surface area contributed by atoms with Crippen molar-refractivity contribution in [1.82, 2.24) is 9.62 Å². The highest BCUT2D eigenvalue weighted by atomic mass is 79.9. The summed E-state index contributed by atoms with van der Waals surface area (Å²) in [5.41, 5.74) is -0.438. The van der Waals surface area contributed by atoms with E-state index in [9.17, 15) is 13.2 Å². The summed E-state index contributed by atoms with van der Waals surface area (Å²) in [5, 5.41) is 1.35. The van der Waals surface area contributed by atoms with Gasteiger partial charge in [-0.3, -0.25) is 4.79 Å². The van der Waals surface area contributed by atoms with Crippen LogP contribution in [0.5, 0.6) is 5.75 Å². The number of sulfonamides is 1. The molecule has 0 radical (unpaired) electrons. The van der Waals surface area contributed by atoms with Crippen molar-refractivity contribution in [1.29, 1.82) is 0 Å². The third kappa shape index (κ3) is 6.29. The predicted molar refractivity (Wildman–Crippen MR) is 158 cm³/mol. The number of alkyl halides is 2. The Balaban J connectivity index is 1.48. The third-order valence-electron chi connectivity index (χ3n) is 8.01. The number of hydrogen-bond acceptors (Lipinski definition) is 4. The number of carbonyl (C=O) groups excluding carboxylic acids is 1. The Bertz CT molecular complexity index is 1520. The van der Waals surface area contributed by atoms with Crippen LogP contribution in [0, 0.1) is 11.8 Å². The van der Waals surface area contributed by atoms with Crippen LogP contribution < -0.4 is 9.46 Å². The summed E-state index contributed by atoms with van der Waals surface area (Å²) < 4.78 is 68.1. The number of nitrogens with zero attached hydrogens (tertiary/aromatic N) is 1. The van der Waals surface area contributed by atoms with Gasteiger partial charge in [0.15, 0.2) is 6.04 Å². The average molecular weight is 650 g/mol.